The van der Waals surface area contributed by atoms with E-state index in [0.717, 1.165) is 0 Å². The van der Waals surface area contributed by atoms with E-state index in [1.165, 1.54) is 0 Å². The van der Waals surface area contributed by atoms with Crippen molar-refractivity contribution >= 4 is 24.1 Å². The molecule has 0 fully saturated rings. The van der Waals surface area contributed by atoms with Gasteiger partial charge in [0.1, 0.15) is 11.5 Å². The number of hydrogen-bond acceptors (Lipinski definition) is 9. The van der Waals surface area contributed by atoms with Gasteiger partial charge in [0.2, 0.25) is 5.95 Å². The quantitative estimate of drug-likeness (QED) is 0.653. The summed E-state index contributed by atoms with van der Waals surface area (Å²) in [7, 11) is 1.57. The smallest absolute Gasteiger partial charge is 0.432 e. The first-order chi connectivity index (χ1) is 14.6. The van der Waals surface area contributed by atoms with Crippen LogP contribution in [0.25, 0.3) is 0 Å². The molecule has 10 nitrogen and oxygen atoms in total. The molecule has 0 saturated carbocycles. The Bertz CT molecular complexity index is 947. The van der Waals surface area contributed by atoms with Crippen LogP contribution in [0.1, 0.15) is 6.92 Å². The van der Waals surface area contributed by atoms with Crippen LogP contribution >= 0.6 is 0 Å². The Labute approximate surface area is 172 Å². The Hall–Kier alpha value is -4.21. The van der Waals surface area contributed by atoms with E-state index >= 15 is 0 Å². The van der Waals surface area contributed by atoms with Crippen molar-refractivity contribution in [2.75, 3.05) is 23.9 Å². The third-order valence-electron chi connectivity index (χ3n) is 3.56. The standard InChI is InChI=1S/C20H19N5O5/c1-3-28-18-23-16(21-2)22-17(24-18)25(19(26)29-14-10-6-4-7-11-14)20(27)30-15-12-8-5-9-13-15/h4-13H,3H2,1-2H3,(H,21,22,23,24). The molecule has 0 saturated heterocycles. The van der Waals surface area contributed by atoms with Gasteiger partial charge in [-0.1, -0.05) is 36.4 Å². The van der Waals surface area contributed by atoms with E-state index in [2.05, 4.69) is 20.3 Å². The Balaban J connectivity index is 1.97. The number of amides is 2. The molecule has 0 spiro atoms. The van der Waals surface area contributed by atoms with Gasteiger partial charge in [-0.05, 0) is 31.2 Å². The molecule has 1 aromatic heterocycles. The highest BCUT2D eigenvalue weighted by Crippen LogP contribution is 2.20. The fourth-order valence-corrected chi connectivity index (χ4v) is 2.26. The topological polar surface area (TPSA) is 116 Å². The predicted molar refractivity (Wildman–Crippen MR) is 108 cm³/mol. The van der Waals surface area contributed by atoms with Gasteiger partial charge in [-0.15, -0.1) is 4.90 Å². The third-order valence-corrected chi connectivity index (χ3v) is 3.56. The largest absolute Gasteiger partial charge is 0.464 e. The summed E-state index contributed by atoms with van der Waals surface area (Å²) >= 11 is 0. The highest BCUT2D eigenvalue weighted by atomic mass is 16.6. The van der Waals surface area contributed by atoms with Gasteiger partial charge in [-0.3, -0.25) is 0 Å². The first-order valence-electron chi connectivity index (χ1n) is 9.01. The molecule has 10 heteroatoms. The van der Waals surface area contributed by atoms with Crippen molar-refractivity contribution in [2.45, 2.75) is 6.92 Å². The molecule has 0 radical (unpaired) electrons. The summed E-state index contributed by atoms with van der Waals surface area (Å²) in [6.07, 6.45) is -2.12. The zero-order chi connectivity index (χ0) is 21.3. The Morgan fingerprint density at radius 2 is 1.40 bits per heavy atom. The van der Waals surface area contributed by atoms with Crippen molar-refractivity contribution in [1.82, 2.24) is 15.0 Å². The van der Waals surface area contributed by atoms with Gasteiger partial charge < -0.3 is 19.5 Å². The lowest BCUT2D eigenvalue weighted by molar-refractivity contribution is 0.190. The normalized spacial score (nSPS) is 10.1. The second-order valence-corrected chi connectivity index (χ2v) is 5.62. The van der Waals surface area contributed by atoms with Gasteiger partial charge in [0, 0.05) is 7.05 Å². The number of carbonyl (C=O) groups is 2. The summed E-state index contributed by atoms with van der Waals surface area (Å²) in [4.78, 5) is 38.4. The van der Waals surface area contributed by atoms with E-state index in [0.29, 0.717) is 4.90 Å². The molecule has 154 valence electrons. The molecule has 0 aliphatic rings. The van der Waals surface area contributed by atoms with E-state index in [9.17, 15) is 9.59 Å². The lowest BCUT2D eigenvalue weighted by atomic mass is 10.3. The number of anilines is 2. The van der Waals surface area contributed by atoms with Crippen LogP contribution in [0.15, 0.2) is 60.7 Å². The number of hydrogen-bond donors (Lipinski definition) is 1. The number of benzene rings is 2. The van der Waals surface area contributed by atoms with E-state index < -0.39 is 12.2 Å². The van der Waals surface area contributed by atoms with Crippen LogP contribution in [0, 0.1) is 0 Å². The van der Waals surface area contributed by atoms with Gasteiger partial charge in [0.05, 0.1) is 6.61 Å². The van der Waals surface area contributed by atoms with E-state index in [-0.39, 0.29) is 36.0 Å². The summed E-state index contributed by atoms with van der Waals surface area (Å²) < 4.78 is 15.9. The lowest BCUT2D eigenvalue weighted by Gasteiger charge is -2.18. The molecule has 0 aliphatic carbocycles. The zero-order valence-corrected chi connectivity index (χ0v) is 16.3. The molecule has 1 N–H and O–H groups in total. The van der Waals surface area contributed by atoms with Gasteiger partial charge >= 0.3 is 18.2 Å². The van der Waals surface area contributed by atoms with Crippen molar-refractivity contribution in [3.63, 3.8) is 0 Å². The summed E-state index contributed by atoms with van der Waals surface area (Å²) in [5.41, 5.74) is 0. The molecule has 3 rings (SSSR count). The fourth-order valence-electron chi connectivity index (χ4n) is 2.26. The molecular weight excluding hydrogens is 390 g/mol. The molecular formula is C20H19N5O5. The minimum atomic E-state index is -1.06. The monoisotopic (exact) mass is 409 g/mol. The van der Waals surface area contributed by atoms with Crippen LogP contribution in [-0.2, 0) is 0 Å². The fraction of sp³-hybridized carbons (Fsp3) is 0.150. The second-order valence-electron chi connectivity index (χ2n) is 5.62. The van der Waals surface area contributed by atoms with Crippen LogP contribution in [0.4, 0.5) is 21.5 Å². The van der Waals surface area contributed by atoms with Crippen LogP contribution in [0.2, 0.25) is 0 Å². The summed E-state index contributed by atoms with van der Waals surface area (Å²) in [5.74, 6) is 0.231. The molecule has 0 bridgehead atoms. The Morgan fingerprint density at radius 1 is 0.867 bits per heavy atom. The van der Waals surface area contributed by atoms with Crippen LogP contribution < -0.4 is 24.4 Å². The van der Waals surface area contributed by atoms with Gasteiger partial charge in [-0.25, -0.2) is 9.59 Å². The molecule has 0 unspecified atom stereocenters. The van der Waals surface area contributed by atoms with Crippen molar-refractivity contribution in [3.05, 3.63) is 60.7 Å². The molecule has 2 amide bonds. The van der Waals surface area contributed by atoms with Crippen molar-refractivity contribution in [1.29, 1.82) is 0 Å². The molecule has 30 heavy (non-hydrogen) atoms. The number of aromatic nitrogens is 3. The van der Waals surface area contributed by atoms with Crippen LogP contribution in [0.5, 0.6) is 17.5 Å². The highest BCUT2D eigenvalue weighted by Gasteiger charge is 2.32. The third kappa shape index (κ3) is 5.19. The summed E-state index contributed by atoms with van der Waals surface area (Å²) in [5, 5.41) is 2.73. The molecule has 0 aliphatic heterocycles. The molecule has 1 heterocycles. The van der Waals surface area contributed by atoms with Crippen LogP contribution in [0.3, 0.4) is 0 Å². The van der Waals surface area contributed by atoms with Gasteiger partial charge in [-0.2, -0.15) is 15.0 Å². The first kappa shape index (κ1) is 20.5. The molecule has 2 aromatic carbocycles. The first-order valence-corrected chi connectivity index (χ1v) is 9.01. The van der Waals surface area contributed by atoms with E-state index in [1.54, 1.807) is 74.6 Å². The second kappa shape index (κ2) is 9.82. The lowest BCUT2D eigenvalue weighted by Crippen LogP contribution is -2.42. The maximum atomic E-state index is 12.9. The summed E-state index contributed by atoms with van der Waals surface area (Å²) in [6, 6.07) is 16.5. The van der Waals surface area contributed by atoms with Crippen molar-refractivity contribution in [2.24, 2.45) is 0 Å². The maximum Gasteiger partial charge on any atom is 0.432 e. The zero-order valence-electron chi connectivity index (χ0n) is 16.3. The van der Waals surface area contributed by atoms with Gasteiger partial charge in [0.25, 0.3) is 5.95 Å². The minimum Gasteiger partial charge on any atom is -0.464 e. The molecule has 3 aromatic rings. The minimum absolute atomic E-state index is 0.0723. The number of nitrogens with one attached hydrogen (secondary N) is 1. The molecule has 0 atom stereocenters. The number of carbonyl (C=O) groups excluding carboxylic acids is 2. The summed E-state index contributed by atoms with van der Waals surface area (Å²) in [6.45, 7) is 2.02. The van der Waals surface area contributed by atoms with Crippen molar-refractivity contribution < 1.29 is 23.8 Å². The van der Waals surface area contributed by atoms with Gasteiger partial charge in [0.15, 0.2) is 0 Å². The number of para-hydroxylation sites is 2. The van der Waals surface area contributed by atoms with Crippen molar-refractivity contribution in [3.8, 4) is 17.5 Å². The average Bonchev–Trinajstić information content (AvgIpc) is 2.75. The SMILES string of the molecule is CCOc1nc(NC)nc(N(C(=O)Oc2ccccc2)C(=O)Oc2ccccc2)n1. The number of nitrogens with zero attached hydrogens (tertiary/aromatic N) is 4. The van der Waals surface area contributed by atoms with Crippen LogP contribution in [-0.4, -0.2) is 40.8 Å². The maximum absolute atomic E-state index is 12.9. The number of ether oxygens (including phenoxy) is 3. The number of rotatable bonds is 6. The highest BCUT2D eigenvalue weighted by molar-refractivity contribution is 6.09. The predicted octanol–water partition coefficient (Wildman–Crippen LogP) is 3.52. The average molecular weight is 409 g/mol. The number of imide groups is 1. The van der Waals surface area contributed by atoms with E-state index in [4.69, 9.17) is 14.2 Å². The van der Waals surface area contributed by atoms with E-state index in [1.807, 2.05) is 0 Å². The Kier molecular flexibility index (Phi) is 6.72. The Morgan fingerprint density at radius 3 is 1.87 bits per heavy atom.